The molecule has 8 nitrogen and oxygen atoms in total. The van der Waals surface area contributed by atoms with Crippen molar-refractivity contribution in [3.8, 4) is 11.6 Å². The number of esters is 1. The van der Waals surface area contributed by atoms with E-state index in [1.165, 1.54) is 16.9 Å². The van der Waals surface area contributed by atoms with E-state index in [-0.39, 0.29) is 61.2 Å². The Labute approximate surface area is 264 Å². The number of benzene rings is 1. The predicted molar refractivity (Wildman–Crippen MR) is 156 cm³/mol. The number of hydrogen-bond acceptors (Lipinski definition) is 7. The Morgan fingerprint density at radius 2 is 1.83 bits per heavy atom. The van der Waals surface area contributed by atoms with Crippen molar-refractivity contribution in [3.05, 3.63) is 46.9 Å². The first kappa shape index (κ1) is 35.5. The molecular weight excluding hydrogens is 620 g/mol. The standard InChI is InChI=1S/C32H39F6N3O5/c1-19-6-8-22(9-7-19)29(42)41(20(2)17-44-3)26-14-25(33)27(13-23(26)30(43)45-4)46-28-24(32(36,37)38)12-21(15-39-28)16-40-11-5-10-31(34,35)18-40/h12-15,19-20,22H,5-11,16-18H2,1-4H3/t19?,20-,22?/m0/s1. The lowest BCUT2D eigenvalue weighted by molar-refractivity contribution is -0.139. The number of pyridine rings is 1. The summed E-state index contributed by atoms with van der Waals surface area (Å²) in [5.41, 5.74) is -1.78. The molecule has 1 aromatic carbocycles. The largest absolute Gasteiger partial charge is 0.465 e. The van der Waals surface area contributed by atoms with Gasteiger partial charge in [0.05, 0.1) is 37.6 Å². The number of likely N-dealkylation sites (tertiary alicyclic amines) is 1. The maximum Gasteiger partial charge on any atom is 0.421 e. The summed E-state index contributed by atoms with van der Waals surface area (Å²) in [6.07, 6.45) is -1.19. The Bertz CT molecular complexity index is 1400. The molecule has 1 aliphatic carbocycles. The van der Waals surface area contributed by atoms with E-state index >= 15 is 4.39 Å². The van der Waals surface area contributed by atoms with Gasteiger partial charge >= 0.3 is 12.1 Å². The first-order chi connectivity index (χ1) is 21.6. The summed E-state index contributed by atoms with van der Waals surface area (Å²) in [5.74, 6) is -7.10. The van der Waals surface area contributed by atoms with E-state index in [1.807, 2.05) is 0 Å². The number of alkyl halides is 5. The van der Waals surface area contributed by atoms with E-state index in [9.17, 15) is 31.5 Å². The molecule has 0 N–H and O–H groups in total. The van der Waals surface area contributed by atoms with Crippen LogP contribution in [0.2, 0.25) is 0 Å². The maximum absolute atomic E-state index is 15.7. The number of hydrogen-bond donors (Lipinski definition) is 0. The van der Waals surface area contributed by atoms with Gasteiger partial charge in [0.2, 0.25) is 11.8 Å². The molecule has 2 fully saturated rings. The van der Waals surface area contributed by atoms with E-state index in [0.717, 1.165) is 44.3 Å². The van der Waals surface area contributed by atoms with Crippen molar-refractivity contribution < 1.29 is 50.1 Å². The molecule has 2 aromatic rings. The topological polar surface area (TPSA) is 81.2 Å². The molecule has 2 aliphatic rings. The lowest BCUT2D eigenvalue weighted by atomic mass is 9.82. The highest BCUT2D eigenvalue weighted by atomic mass is 19.4. The van der Waals surface area contributed by atoms with Crippen molar-refractivity contribution in [1.82, 2.24) is 9.88 Å². The molecule has 1 saturated heterocycles. The highest BCUT2D eigenvalue weighted by molar-refractivity contribution is 6.04. The molecule has 1 atom stereocenters. The number of amides is 1. The number of aromatic nitrogens is 1. The van der Waals surface area contributed by atoms with Gasteiger partial charge in [-0.1, -0.05) is 6.92 Å². The zero-order chi connectivity index (χ0) is 33.8. The van der Waals surface area contributed by atoms with Crippen molar-refractivity contribution in [2.45, 2.75) is 77.1 Å². The average Bonchev–Trinajstić information content (AvgIpc) is 2.98. The van der Waals surface area contributed by atoms with Crippen LogP contribution in [0.1, 0.15) is 73.9 Å². The number of rotatable bonds is 10. The van der Waals surface area contributed by atoms with Crippen LogP contribution in [0.15, 0.2) is 24.4 Å². The molecule has 2 heterocycles. The highest BCUT2D eigenvalue weighted by Gasteiger charge is 2.39. The first-order valence-corrected chi connectivity index (χ1v) is 15.2. The SMILES string of the molecule is COC[C@H](C)N(C(=O)C1CCC(C)CC1)c1cc(F)c(Oc2ncc(CN3CCCC(F)(F)C3)cc2C(F)(F)F)cc1C(=O)OC. The van der Waals surface area contributed by atoms with E-state index in [1.54, 1.807) is 6.92 Å². The molecular formula is C32H39F6N3O5. The van der Waals surface area contributed by atoms with Crippen molar-refractivity contribution in [2.24, 2.45) is 11.8 Å². The number of anilines is 1. The summed E-state index contributed by atoms with van der Waals surface area (Å²) in [6.45, 7) is 3.30. The molecule has 0 radical (unpaired) electrons. The molecule has 0 spiro atoms. The number of carbonyl (C=O) groups is 2. The van der Waals surface area contributed by atoms with Crippen molar-refractivity contribution in [1.29, 1.82) is 0 Å². The predicted octanol–water partition coefficient (Wildman–Crippen LogP) is 7.24. The lowest BCUT2D eigenvalue weighted by Gasteiger charge is -2.35. The van der Waals surface area contributed by atoms with Crippen LogP contribution in [-0.2, 0) is 27.0 Å². The number of nitrogens with zero attached hydrogens (tertiary/aromatic N) is 3. The van der Waals surface area contributed by atoms with Gasteiger partial charge in [-0.15, -0.1) is 0 Å². The van der Waals surface area contributed by atoms with Crippen LogP contribution in [0, 0.1) is 17.7 Å². The number of piperidine rings is 1. The minimum atomic E-state index is -5.00. The van der Waals surface area contributed by atoms with Crippen LogP contribution in [0.3, 0.4) is 0 Å². The van der Waals surface area contributed by atoms with Gasteiger partial charge < -0.3 is 19.1 Å². The molecule has 4 rings (SSSR count). The fourth-order valence-corrected chi connectivity index (χ4v) is 6.10. The maximum atomic E-state index is 15.7. The van der Waals surface area contributed by atoms with Crippen LogP contribution < -0.4 is 9.64 Å². The molecule has 1 saturated carbocycles. The van der Waals surface area contributed by atoms with Gasteiger partial charge in [-0.3, -0.25) is 9.69 Å². The van der Waals surface area contributed by atoms with Gasteiger partial charge in [0.1, 0.15) is 5.56 Å². The van der Waals surface area contributed by atoms with Crippen LogP contribution >= 0.6 is 0 Å². The Hall–Kier alpha value is -3.39. The van der Waals surface area contributed by atoms with Crippen molar-refractivity contribution >= 4 is 17.6 Å². The van der Waals surface area contributed by atoms with E-state index in [2.05, 4.69) is 11.9 Å². The van der Waals surface area contributed by atoms with Gasteiger partial charge in [0.25, 0.3) is 5.92 Å². The van der Waals surface area contributed by atoms with E-state index in [4.69, 9.17) is 14.2 Å². The third-order valence-corrected chi connectivity index (χ3v) is 8.46. The first-order valence-electron chi connectivity index (χ1n) is 15.2. The molecule has 14 heteroatoms. The molecule has 0 bridgehead atoms. The Balaban J connectivity index is 1.71. The molecule has 254 valence electrons. The van der Waals surface area contributed by atoms with E-state index < -0.39 is 53.7 Å². The molecule has 1 aliphatic heterocycles. The third kappa shape index (κ3) is 8.49. The summed E-state index contributed by atoms with van der Waals surface area (Å²) in [7, 11) is 2.50. The van der Waals surface area contributed by atoms with Gasteiger partial charge in [0.15, 0.2) is 11.6 Å². The number of halogens is 6. The lowest BCUT2D eigenvalue weighted by Crippen LogP contribution is -2.46. The van der Waals surface area contributed by atoms with Gasteiger partial charge in [-0.2, -0.15) is 13.2 Å². The van der Waals surface area contributed by atoms with Gasteiger partial charge in [0, 0.05) is 44.3 Å². The normalized spacial score (nSPS) is 21.0. The van der Waals surface area contributed by atoms with E-state index in [0.29, 0.717) is 18.8 Å². The summed E-state index contributed by atoms with van der Waals surface area (Å²) < 4.78 is 101. The minimum absolute atomic E-state index is 0.0156. The van der Waals surface area contributed by atoms with Crippen molar-refractivity contribution in [3.63, 3.8) is 0 Å². The number of carbonyl (C=O) groups excluding carboxylic acids is 2. The summed E-state index contributed by atoms with van der Waals surface area (Å²) in [4.78, 5) is 33.2. The Kier molecular flexibility index (Phi) is 11.2. The van der Waals surface area contributed by atoms with Gasteiger partial charge in [-0.05, 0) is 63.1 Å². The van der Waals surface area contributed by atoms with Crippen LogP contribution in [0.4, 0.5) is 32.0 Å². The number of ether oxygens (including phenoxy) is 3. The zero-order valence-corrected chi connectivity index (χ0v) is 26.3. The minimum Gasteiger partial charge on any atom is -0.465 e. The second kappa shape index (κ2) is 14.6. The Morgan fingerprint density at radius 1 is 1.13 bits per heavy atom. The molecule has 46 heavy (non-hydrogen) atoms. The second-order valence-corrected chi connectivity index (χ2v) is 12.2. The zero-order valence-electron chi connectivity index (χ0n) is 26.3. The number of methoxy groups -OCH3 is 2. The highest BCUT2D eigenvalue weighted by Crippen LogP contribution is 2.41. The smallest absolute Gasteiger partial charge is 0.421 e. The molecule has 1 amide bonds. The summed E-state index contributed by atoms with van der Waals surface area (Å²) in [5, 5.41) is 0. The van der Waals surface area contributed by atoms with Crippen molar-refractivity contribution in [2.75, 3.05) is 38.8 Å². The monoisotopic (exact) mass is 659 g/mol. The van der Waals surface area contributed by atoms with Crippen LogP contribution in [-0.4, -0.2) is 67.6 Å². The fourth-order valence-electron chi connectivity index (χ4n) is 6.10. The van der Waals surface area contributed by atoms with Crippen LogP contribution in [0.25, 0.3) is 0 Å². The quantitative estimate of drug-likeness (QED) is 0.197. The summed E-state index contributed by atoms with van der Waals surface area (Å²) in [6, 6.07) is 1.82. The summed E-state index contributed by atoms with van der Waals surface area (Å²) >= 11 is 0. The van der Waals surface area contributed by atoms with Gasteiger partial charge in [-0.25, -0.2) is 22.9 Å². The average molecular weight is 660 g/mol. The molecule has 1 aromatic heterocycles. The second-order valence-electron chi connectivity index (χ2n) is 12.2. The third-order valence-electron chi connectivity index (χ3n) is 8.46. The molecule has 0 unspecified atom stereocenters. The van der Waals surface area contributed by atoms with Crippen LogP contribution in [0.5, 0.6) is 11.6 Å². The Morgan fingerprint density at radius 3 is 2.43 bits per heavy atom. The fraction of sp³-hybridized carbons (Fsp3) is 0.594.